The van der Waals surface area contributed by atoms with Crippen LogP contribution in [0.1, 0.15) is 24.9 Å². The van der Waals surface area contributed by atoms with Crippen LogP contribution < -0.4 is 10.1 Å². The lowest BCUT2D eigenvalue weighted by Crippen LogP contribution is -2.27. The van der Waals surface area contributed by atoms with Crippen LogP contribution in [-0.4, -0.2) is 27.6 Å². The molecule has 0 saturated heterocycles. The first kappa shape index (κ1) is 19.6. The van der Waals surface area contributed by atoms with Gasteiger partial charge in [-0.15, -0.1) is 0 Å². The van der Waals surface area contributed by atoms with Crippen LogP contribution in [0.25, 0.3) is 22.3 Å². The Bertz CT molecular complexity index is 1150. The fraction of sp³-hybridized carbons (Fsp3) is 0.208. The number of pyridine rings is 2. The average Bonchev–Trinajstić information content (AvgIpc) is 3.17. The van der Waals surface area contributed by atoms with Crippen molar-refractivity contribution in [2.45, 2.75) is 25.9 Å². The Hall–Kier alpha value is -3.67. The van der Waals surface area contributed by atoms with Crippen molar-refractivity contribution >= 4 is 16.9 Å². The summed E-state index contributed by atoms with van der Waals surface area (Å²) in [5, 5.41) is 4.13. The molecule has 0 fully saturated rings. The summed E-state index contributed by atoms with van der Waals surface area (Å²) in [7, 11) is 1.64. The summed E-state index contributed by atoms with van der Waals surface area (Å²) in [6.45, 7) is 2.49. The van der Waals surface area contributed by atoms with Crippen LogP contribution in [0.5, 0.6) is 5.75 Å². The van der Waals surface area contributed by atoms with E-state index in [1.165, 1.54) is 0 Å². The molecule has 30 heavy (non-hydrogen) atoms. The van der Waals surface area contributed by atoms with Gasteiger partial charge in [-0.3, -0.25) is 9.78 Å². The standard InChI is InChI=1S/C24H24N4O2/c1-17(20-7-3-4-8-22(20)30-2)27-23(29)11-15-28-21(18-9-13-25-14-10-18)16-19-6-5-12-26-24(19)28/h3-10,12-14,16-17H,11,15H2,1-2H3,(H,27,29)/t17-/m1/s1. The molecule has 6 heteroatoms. The smallest absolute Gasteiger partial charge is 0.222 e. The normalized spacial score (nSPS) is 11.9. The minimum atomic E-state index is -0.146. The molecule has 0 spiro atoms. The Morgan fingerprint density at radius 2 is 1.90 bits per heavy atom. The van der Waals surface area contributed by atoms with Crippen LogP contribution in [0.15, 0.2) is 73.2 Å². The van der Waals surface area contributed by atoms with Gasteiger partial charge in [-0.25, -0.2) is 4.98 Å². The maximum atomic E-state index is 12.7. The fourth-order valence-corrected chi connectivity index (χ4v) is 3.70. The van der Waals surface area contributed by atoms with E-state index < -0.39 is 0 Å². The number of aromatic nitrogens is 3. The summed E-state index contributed by atoms with van der Waals surface area (Å²) in [5.74, 6) is 0.748. The van der Waals surface area contributed by atoms with Crippen molar-refractivity contribution < 1.29 is 9.53 Å². The van der Waals surface area contributed by atoms with Crippen LogP contribution in [0.2, 0.25) is 0 Å². The van der Waals surface area contributed by atoms with Gasteiger partial charge in [-0.1, -0.05) is 18.2 Å². The van der Waals surface area contributed by atoms with E-state index >= 15 is 0 Å². The molecule has 0 bridgehead atoms. The van der Waals surface area contributed by atoms with Crippen molar-refractivity contribution in [3.05, 3.63) is 78.8 Å². The van der Waals surface area contributed by atoms with Crippen molar-refractivity contribution in [3.8, 4) is 17.0 Å². The Morgan fingerprint density at radius 1 is 1.10 bits per heavy atom. The first-order valence-electron chi connectivity index (χ1n) is 9.94. The minimum absolute atomic E-state index is 0.0214. The number of methoxy groups -OCH3 is 1. The van der Waals surface area contributed by atoms with Gasteiger partial charge in [0.25, 0.3) is 0 Å². The Kier molecular flexibility index (Phi) is 5.75. The van der Waals surface area contributed by atoms with Gasteiger partial charge in [0.2, 0.25) is 5.91 Å². The molecule has 6 nitrogen and oxygen atoms in total. The van der Waals surface area contributed by atoms with Gasteiger partial charge >= 0.3 is 0 Å². The number of hydrogen-bond donors (Lipinski definition) is 1. The topological polar surface area (TPSA) is 69.0 Å². The van der Waals surface area contributed by atoms with E-state index in [4.69, 9.17) is 4.74 Å². The Morgan fingerprint density at radius 3 is 2.70 bits per heavy atom. The number of benzene rings is 1. The fourth-order valence-electron chi connectivity index (χ4n) is 3.70. The second-order valence-electron chi connectivity index (χ2n) is 7.11. The lowest BCUT2D eigenvalue weighted by molar-refractivity contribution is -0.121. The van der Waals surface area contributed by atoms with Crippen LogP contribution in [0, 0.1) is 0 Å². The van der Waals surface area contributed by atoms with E-state index in [0.29, 0.717) is 13.0 Å². The zero-order chi connectivity index (χ0) is 20.9. The predicted molar refractivity (Wildman–Crippen MR) is 117 cm³/mol. The highest BCUT2D eigenvalue weighted by atomic mass is 16.5. The molecule has 1 aromatic carbocycles. The monoisotopic (exact) mass is 400 g/mol. The highest BCUT2D eigenvalue weighted by molar-refractivity contribution is 5.84. The number of carbonyl (C=O) groups excluding carboxylic acids is 1. The number of ether oxygens (including phenoxy) is 1. The number of para-hydroxylation sites is 1. The van der Waals surface area contributed by atoms with E-state index in [-0.39, 0.29) is 11.9 Å². The van der Waals surface area contributed by atoms with Gasteiger partial charge in [-0.05, 0) is 43.3 Å². The van der Waals surface area contributed by atoms with Gasteiger partial charge in [-0.2, -0.15) is 0 Å². The lowest BCUT2D eigenvalue weighted by Gasteiger charge is -2.17. The van der Waals surface area contributed by atoms with Crippen LogP contribution in [0.3, 0.4) is 0 Å². The zero-order valence-electron chi connectivity index (χ0n) is 17.1. The molecule has 3 heterocycles. The molecule has 1 atom stereocenters. The summed E-state index contributed by atoms with van der Waals surface area (Å²) in [4.78, 5) is 21.4. The molecule has 3 aromatic heterocycles. The van der Waals surface area contributed by atoms with Crippen molar-refractivity contribution in [3.63, 3.8) is 0 Å². The van der Waals surface area contributed by atoms with E-state index in [1.807, 2.05) is 55.5 Å². The predicted octanol–water partition coefficient (Wildman–Crippen LogP) is 4.37. The van der Waals surface area contributed by atoms with Crippen molar-refractivity contribution in [1.29, 1.82) is 0 Å². The van der Waals surface area contributed by atoms with Gasteiger partial charge < -0.3 is 14.6 Å². The maximum absolute atomic E-state index is 12.7. The number of hydrogen-bond acceptors (Lipinski definition) is 4. The Labute approximate surface area is 175 Å². The number of nitrogens with zero attached hydrogens (tertiary/aromatic N) is 3. The number of nitrogens with one attached hydrogen (secondary N) is 1. The number of fused-ring (bicyclic) bond motifs is 1. The van der Waals surface area contributed by atoms with Crippen LogP contribution >= 0.6 is 0 Å². The summed E-state index contributed by atoms with van der Waals surface area (Å²) >= 11 is 0. The third-order valence-electron chi connectivity index (χ3n) is 5.18. The summed E-state index contributed by atoms with van der Waals surface area (Å²) < 4.78 is 7.51. The Balaban J connectivity index is 1.53. The molecule has 1 amide bonds. The molecule has 0 unspecified atom stereocenters. The van der Waals surface area contributed by atoms with Crippen LogP contribution in [-0.2, 0) is 11.3 Å². The van der Waals surface area contributed by atoms with E-state index in [2.05, 4.69) is 25.9 Å². The van der Waals surface area contributed by atoms with Gasteiger partial charge in [0.1, 0.15) is 11.4 Å². The largest absolute Gasteiger partial charge is 0.496 e. The third kappa shape index (κ3) is 4.03. The van der Waals surface area contributed by atoms with Gasteiger partial charge in [0.05, 0.1) is 18.8 Å². The molecule has 1 N–H and O–H groups in total. The maximum Gasteiger partial charge on any atom is 0.222 e. The number of aryl methyl sites for hydroxylation is 1. The molecule has 4 rings (SSSR count). The zero-order valence-corrected chi connectivity index (χ0v) is 17.1. The summed E-state index contributed by atoms with van der Waals surface area (Å²) in [5.41, 5.74) is 3.90. The quantitative estimate of drug-likeness (QED) is 0.500. The van der Waals surface area contributed by atoms with Crippen molar-refractivity contribution in [2.24, 2.45) is 0 Å². The molecule has 0 aliphatic rings. The van der Waals surface area contributed by atoms with Crippen molar-refractivity contribution in [1.82, 2.24) is 19.9 Å². The number of rotatable bonds is 7. The molecule has 152 valence electrons. The lowest BCUT2D eigenvalue weighted by atomic mass is 10.1. The molecule has 4 aromatic rings. The van der Waals surface area contributed by atoms with E-state index in [0.717, 1.165) is 33.6 Å². The molecule has 0 aliphatic carbocycles. The highest BCUT2D eigenvalue weighted by Crippen LogP contribution is 2.27. The third-order valence-corrected chi connectivity index (χ3v) is 5.18. The molecule has 0 saturated carbocycles. The van der Waals surface area contributed by atoms with E-state index in [9.17, 15) is 4.79 Å². The summed E-state index contributed by atoms with van der Waals surface area (Å²) in [6, 6.07) is 17.6. The van der Waals surface area contributed by atoms with E-state index in [1.54, 1.807) is 25.7 Å². The highest BCUT2D eigenvalue weighted by Gasteiger charge is 2.16. The average molecular weight is 400 g/mol. The molecular weight excluding hydrogens is 376 g/mol. The van der Waals surface area contributed by atoms with Gasteiger partial charge in [0.15, 0.2) is 0 Å². The first-order chi connectivity index (χ1) is 14.7. The van der Waals surface area contributed by atoms with Crippen LogP contribution in [0.4, 0.5) is 0 Å². The second-order valence-corrected chi connectivity index (χ2v) is 7.11. The molecule has 0 aliphatic heterocycles. The number of amides is 1. The molecule has 0 radical (unpaired) electrons. The first-order valence-corrected chi connectivity index (χ1v) is 9.94. The SMILES string of the molecule is COc1ccccc1[C@@H](C)NC(=O)CCn1c(-c2ccncc2)cc2cccnc21. The van der Waals surface area contributed by atoms with Crippen molar-refractivity contribution in [2.75, 3.05) is 7.11 Å². The summed E-state index contributed by atoms with van der Waals surface area (Å²) in [6.07, 6.45) is 5.66. The minimum Gasteiger partial charge on any atom is -0.496 e. The van der Waals surface area contributed by atoms with Gasteiger partial charge in [0, 0.05) is 48.1 Å². The second kappa shape index (κ2) is 8.78. The molecular formula is C24H24N4O2. The number of carbonyl (C=O) groups is 1.